The lowest BCUT2D eigenvalue weighted by Gasteiger charge is -2.22. The summed E-state index contributed by atoms with van der Waals surface area (Å²) in [5, 5.41) is 0. The molecule has 0 aliphatic heterocycles. The summed E-state index contributed by atoms with van der Waals surface area (Å²) in [6.07, 6.45) is 3.45. The van der Waals surface area contributed by atoms with Crippen LogP contribution >= 0.6 is 0 Å². The predicted molar refractivity (Wildman–Crippen MR) is 77.6 cm³/mol. The van der Waals surface area contributed by atoms with E-state index in [1.165, 1.54) is 4.90 Å². The molecule has 1 aromatic rings. The van der Waals surface area contributed by atoms with Gasteiger partial charge in [-0.3, -0.25) is 9.59 Å². The van der Waals surface area contributed by atoms with E-state index in [1.807, 2.05) is 30.7 Å². The standard InChI is InChI=1S/C15H22N2O3/c1-5-9-16(11-14(18)20-6-2)15(19)13-8-7-10-17(13)12(3)4/h5,7-8,10,12H,1,6,9,11H2,2-4H3. The predicted octanol–water partition coefficient (Wildman–Crippen LogP) is 2.26. The zero-order valence-electron chi connectivity index (χ0n) is 12.3. The topological polar surface area (TPSA) is 51.5 Å². The van der Waals surface area contributed by atoms with Gasteiger partial charge in [0.05, 0.1) is 6.61 Å². The Labute approximate surface area is 119 Å². The maximum absolute atomic E-state index is 12.5. The van der Waals surface area contributed by atoms with E-state index in [4.69, 9.17) is 4.74 Å². The molecule has 0 fully saturated rings. The fraction of sp³-hybridized carbons (Fsp3) is 0.467. The smallest absolute Gasteiger partial charge is 0.325 e. The minimum absolute atomic E-state index is 0.0675. The third-order valence-corrected chi connectivity index (χ3v) is 2.82. The van der Waals surface area contributed by atoms with Crippen LogP contribution in [-0.4, -0.2) is 41.0 Å². The van der Waals surface area contributed by atoms with Crippen LogP contribution in [0.1, 0.15) is 37.3 Å². The molecule has 1 rings (SSSR count). The summed E-state index contributed by atoms with van der Waals surface area (Å²) in [6.45, 7) is 9.90. The Balaban J connectivity index is 2.90. The Morgan fingerprint density at radius 3 is 2.75 bits per heavy atom. The molecule has 0 N–H and O–H groups in total. The Hall–Kier alpha value is -2.04. The zero-order chi connectivity index (χ0) is 15.1. The fourth-order valence-electron chi connectivity index (χ4n) is 1.92. The van der Waals surface area contributed by atoms with Crippen molar-refractivity contribution < 1.29 is 14.3 Å². The van der Waals surface area contributed by atoms with Crippen molar-refractivity contribution in [2.45, 2.75) is 26.8 Å². The second kappa shape index (κ2) is 7.53. The molecule has 0 aromatic carbocycles. The normalized spacial score (nSPS) is 10.4. The lowest BCUT2D eigenvalue weighted by Crippen LogP contribution is -2.37. The fourth-order valence-corrected chi connectivity index (χ4v) is 1.92. The van der Waals surface area contributed by atoms with Crippen molar-refractivity contribution in [2.75, 3.05) is 19.7 Å². The highest BCUT2D eigenvalue weighted by atomic mass is 16.5. The van der Waals surface area contributed by atoms with Crippen LogP contribution in [0.25, 0.3) is 0 Å². The molecule has 20 heavy (non-hydrogen) atoms. The number of ether oxygens (including phenoxy) is 1. The van der Waals surface area contributed by atoms with Crippen LogP contribution in [0.2, 0.25) is 0 Å². The summed E-state index contributed by atoms with van der Waals surface area (Å²) in [4.78, 5) is 25.5. The van der Waals surface area contributed by atoms with E-state index >= 15 is 0 Å². The quantitative estimate of drug-likeness (QED) is 0.568. The number of carbonyl (C=O) groups is 2. The van der Waals surface area contributed by atoms with Crippen LogP contribution in [0.3, 0.4) is 0 Å². The third-order valence-electron chi connectivity index (χ3n) is 2.82. The molecular formula is C15H22N2O3. The van der Waals surface area contributed by atoms with Crippen molar-refractivity contribution in [3.05, 3.63) is 36.7 Å². The highest BCUT2D eigenvalue weighted by Crippen LogP contribution is 2.13. The monoisotopic (exact) mass is 278 g/mol. The number of amides is 1. The Morgan fingerprint density at radius 2 is 2.20 bits per heavy atom. The van der Waals surface area contributed by atoms with Gasteiger partial charge in [0, 0.05) is 18.8 Å². The molecule has 1 aromatic heterocycles. The van der Waals surface area contributed by atoms with Crippen molar-refractivity contribution in [3.8, 4) is 0 Å². The van der Waals surface area contributed by atoms with E-state index in [1.54, 1.807) is 19.1 Å². The Bertz CT molecular complexity index is 477. The SMILES string of the molecule is C=CCN(CC(=O)OCC)C(=O)c1cccn1C(C)C. The van der Waals surface area contributed by atoms with Crippen LogP contribution in [0.15, 0.2) is 31.0 Å². The molecule has 1 heterocycles. The Morgan fingerprint density at radius 1 is 1.50 bits per heavy atom. The van der Waals surface area contributed by atoms with E-state index in [-0.39, 0.29) is 18.5 Å². The molecule has 0 saturated carbocycles. The molecule has 0 bridgehead atoms. The van der Waals surface area contributed by atoms with Crippen molar-refractivity contribution in [3.63, 3.8) is 0 Å². The molecule has 0 radical (unpaired) electrons. The van der Waals surface area contributed by atoms with Crippen LogP contribution in [0.4, 0.5) is 0 Å². The second-order valence-corrected chi connectivity index (χ2v) is 4.67. The average Bonchev–Trinajstić information content (AvgIpc) is 2.87. The first-order valence-electron chi connectivity index (χ1n) is 6.73. The minimum atomic E-state index is -0.412. The van der Waals surface area contributed by atoms with Gasteiger partial charge in [0.25, 0.3) is 5.91 Å². The first-order valence-corrected chi connectivity index (χ1v) is 6.73. The first-order chi connectivity index (χ1) is 9.51. The molecule has 1 amide bonds. The van der Waals surface area contributed by atoms with E-state index in [0.717, 1.165) is 0 Å². The summed E-state index contributed by atoms with van der Waals surface area (Å²) in [7, 11) is 0. The van der Waals surface area contributed by atoms with Gasteiger partial charge in [-0.15, -0.1) is 6.58 Å². The van der Waals surface area contributed by atoms with Crippen molar-refractivity contribution in [1.29, 1.82) is 0 Å². The molecule has 5 heteroatoms. The average molecular weight is 278 g/mol. The summed E-state index contributed by atoms with van der Waals surface area (Å²) in [5.74, 6) is -0.609. The molecule has 0 saturated heterocycles. The first kappa shape index (κ1) is 16.0. The Kier molecular flexibility index (Phi) is 6.03. The number of rotatable bonds is 7. The summed E-state index contributed by atoms with van der Waals surface area (Å²) in [6, 6.07) is 3.75. The van der Waals surface area contributed by atoms with Crippen molar-refractivity contribution in [1.82, 2.24) is 9.47 Å². The summed E-state index contributed by atoms with van der Waals surface area (Å²) >= 11 is 0. The zero-order valence-corrected chi connectivity index (χ0v) is 12.3. The highest BCUT2D eigenvalue weighted by Gasteiger charge is 2.21. The van der Waals surface area contributed by atoms with Gasteiger partial charge in [-0.25, -0.2) is 0 Å². The number of aromatic nitrogens is 1. The van der Waals surface area contributed by atoms with Gasteiger partial charge in [-0.05, 0) is 32.9 Å². The molecule has 0 spiro atoms. The minimum Gasteiger partial charge on any atom is -0.465 e. The third kappa shape index (κ3) is 3.98. The molecule has 5 nitrogen and oxygen atoms in total. The summed E-state index contributed by atoms with van der Waals surface area (Å²) in [5.41, 5.74) is 0.561. The van der Waals surface area contributed by atoms with Gasteiger partial charge in [0.1, 0.15) is 12.2 Å². The molecule has 0 atom stereocenters. The second-order valence-electron chi connectivity index (χ2n) is 4.67. The number of carbonyl (C=O) groups excluding carboxylic acids is 2. The van der Waals surface area contributed by atoms with E-state index in [2.05, 4.69) is 6.58 Å². The van der Waals surface area contributed by atoms with Gasteiger partial charge >= 0.3 is 5.97 Å². The van der Waals surface area contributed by atoms with Crippen LogP contribution < -0.4 is 0 Å². The lowest BCUT2D eigenvalue weighted by atomic mass is 10.3. The van der Waals surface area contributed by atoms with Crippen LogP contribution in [-0.2, 0) is 9.53 Å². The van der Waals surface area contributed by atoms with Gasteiger partial charge in [-0.2, -0.15) is 0 Å². The molecule has 110 valence electrons. The van der Waals surface area contributed by atoms with Gasteiger partial charge in [0.2, 0.25) is 0 Å². The largest absolute Gasteiger partial charge is 0.465 e. The number of hydrogen-bond donors (Lipinski definition) is 0. The number of esters is 1. The highest BCUT2D eigenvalue weighted by molar-refractivity contribution is 5.94. The van der Waals surface area contributed by atoms with Gasteiger partial charge < -0.3 is 14.2 Å². The summed E-state index contributed by atoms with van der Waals surface area (Å²) < 4.78 is 6.77. The van der Waals surface area contributed by atoms with E-state index < -0.39 is 5.97 Å². The lowest BCUT2D eigenvalue weighted by molar-refractivity contribution is -0.143. The van der Waals surface area contributed by atoms with E-state index in [0.29, 0.717) is 18.8 Å². The van der Waals surface area contributed by atoms with Crippen molar-refractivity contribution >= 4 is 11.9 Å². The molecular weight excluding hydrogens is 256 g/mol. The van der Waals surface area contributed by atoms with E-state index in [9.17, 15) is 9.59 Å². The maximum Gasteiger partial charge on any atom is 0.325 e. The van der Waals surface area contributed by atoms with Crippen LogP contribution in [0, 0.1) is 0 Å². The molecule has 0 aliphatic rings. The van der Waals surface area contributed by atoms with Crippen LogP contribution in [0.5, 0.6) is 0 Å². The maximum atomic E-state index is 12.5. The molecule has 0 aliphatic carbocycles. The van der Waals surface area contributed by atoms with Gasteiger partial charge in [0.15, 0.2) is 0 Å². The van der Waals surface area contributed by atoms with Crippen molar-refractivity contribution in [2.24, 2.45) is 0 Å². The number of nitrogens with zero attached hydrogens (tertiary/aromatic N) is 2. The molecule has 0 unspecified atom stereocenters. The number of hydrogen-bond acceptors (Lipinski definition) is 3. The van der Waals surface area contributed by atoms with Gasteiger partial charge in [-0.1, -0.05) is 6.08 Å².